The highest BCUT2D eigenvalue weighted by Crippen LogP contribution is 2.22. The minimum atomic E-state index is 0.338. The van der Waals surface area contributed by atoms with Crippen molar-refractivity contribution >= 4 is 0 Å². The average Bonchev–Trinajstić information content (AvgIpc) is 3.32. The zero-order chi connectivity index (χ0) is 17.1. The Morgan fingerprint density at radius 2 is 1.84 bits per heavy atom. The summed E-state index contributed by atoms with van der Waals surface area (Å²) in [5.74, 6) is 1.61. The summed E-state index contributed by atoms with van der Waals surface area (Å²) >= 11 is 0. The van der Waals surface area contributed by atoms with Gasteiger partial charge in [-0.3, -0.25) is 0 Å². The maximum Gasteiger partial charge on any atom is 0.280 e. The molecule has 124 valence electrons. The van der Waals surface area contributed by atoms with Crippen LogP contribution in [-0.2, 0) is 6.54 Å². The van der Waals surface area contributed by atoms with Crippen LogP contribution in [0.4, 0.5) is 0 Å². The lowest BCUT2D eigenvalue weighted by molar-refractivity contribution is 0.414. The standard InChI is InChI=1S/C18H15N5O2/c1-24-15-9-7-14(8-10-15)17-19-18(25-21-17)16-12-23(22-20-16)11-13-5-3-2-4-6-13/h2-10,12H,11H2,1H3. The molecule has 0 saturated carbocycles. The molecule has 0 atom stereocenters. The number of nitrogens with zero attached hydrogens (tertiary/aromatic N) is 5. The van der Waals surface area contributed by atoms with Gasteiger partial charge in [-0.05, 0) is 29.8 Å². The second-order valence-electron chi connectivity index (χ2n) is 5.44. The first kappa shape index (κ1) is 15.1. The lowest BCUT2D eigenvalue weighted by Crippen LogP contribution is -1.99. The number of aromatic nitrogens is 5. The van der Waals surface area contributed by atoms with Gasteiger partial charge in [0.05, 0.1) is 19.9 Å². The summed E-state index contributed by atoms with van der Waals surface area (Å²) in [4.78, 5) is 4.39. The highest BCUT2D eigenvalue weighted by molar-refractivity contribution is 5.58. The number of benzene rings is 2. The van der Waals surface area contributed by atoms with Crippen molar-refractivity contribution in [3.05, 3.63) is 66.4 Å². The van der Waals surface area contributed by atoms with Gasteiger partial charge in [0.1, 0.15) is 5.75 Å². The third-order valence-electron chi connectivity index (χ3n) is 3.72. The van der Waals surface area contributed by atoms with Gasteiger partial charge in [0.15, 0.2) is 5.69 Å². The molecule has 0 aliphatic heterocycles. The second kappa shape index (κ2) is 6.56. The highest BCUT2D eigenvalue weighted by Gasteiger charge is 2.14. The van der Waals surface area contributed by atoms with Crippen LogP contribution in [-0.4, -0.2) is 32.2 Å². The van der Waals surface area contributed by atoms with Crippen molar-refractivity contribution in [3.8, 4) is 28.7 Å². The van der Waals surface area contributed by atoms with Gasteiger partial charge in [0.2, 0.25) is 5.82 Å². The van der Waals surface area contributed by atoms with Gasteiger partial charge in [-0.15, -0.1) is 5.10 Å². The lowest BCUT2D eigenvalue weighted by Gasteiger charge is -1.99. The van der Waals surface area contributed by atoms with Crippen LogP contribution in [0.2, 0.25) is 0 Å². The molecular formula is C18H15N5O2. The van der Waals surface area contributed by atoms with E-state index in [9.17, 15) is 0 Å². The molecule has 0 spiro atoms. The zero-order valence-electron chi connectivity index (χ0n) is 13.5. The van der Waals surface area contributed by atoms with Crippen LogP contribution < -0.4 is 4.74 Å². The molecular weight excluding hydrogens is 318 g/mol. The first-order chi connectivity index (χ1) is 12.3. The number of methoxy groups -OCH3 is 1. The van der Waals surface area contributed by atoms with Gasteiger partial charge in [-0.1, -0.05) is 40.7 Å². The summed E-state index contributed by atoms with van der Waals surface area (Å²) in [5.41, 5.74) is 2.53. The molecule has 0 unspecified atom stereocenters. The lowest BCUT2D eigenvalue weighted by atomic mass is 10.2. The van der Waals surface area contributed by atoms with Crippen LogP contribution in [0, 0.1) is 0 Å². The van der Waals surface area contributed by atoms with E-state index in [-0.39, 0.29) is 0 Å². The van der Waals surface area contributed by atoms with Crippen molar-refractivity contribution in [2.45, 2.75) is 6.54 Å². The molecule has 0 radical (unpaired) electrons. The maximum atomic E-state index is 5.32. The minimum Gasteiger partial charge on any atom is -0.497 e. The summed E-state index contributed by atoms with van der Waals surface area (Å²) in [6, 6.07) is 17.5. The molecule has 4 aromatic rings. The van der Waals surface area contributed by atoms with Gasteiger partial charge in [0, 0.05) is 5.56 Å². The van der Waals surface area contributed by atoms with E-state index < -0.39 is 0 Å². The Morgan fingerprint density at radius 3 is 2.60 bits per heavy atom. The van der Waals surface area contributed by atoms with Crippen LogP contribution in [0.5, 0.6) is 5.75 Å². The van der Waals surface area contributed by atoms with E-state index in [1.807, 2.05) is 54.6 Å². The van der Waals surface area contributed by atoms with E-state index >= 15 is 0 Å². The fourth-order valence-corrected chi connectivity index (χ4v) is 2.43. The highest BCUT2D eigenvalue weighted by atomic mass is 16.5. The Morgan fingerprint density at radius 1 is 1.04 bits per heavy atom. The summed E-state index contributed by atoms with van der Waals surface area (Å²) < 4.78 is 12.2. The molecule has 0 saturated heterocycles. The quantitative estimate of drug-likeness (QED) is 0.558. The number of ether oxygens (including phenoxy) is 1. The van der Waals surface area contributed by atoms with Gasteiger partial charge < -0.3 is 9.26 Å². The monoisotopic (exact) mass is 333 g/mol. The SMILES string of the molecule is COc1ccc(-c2noc(-c3cn(Cc4ccccc4)nn3)n2)cc1. The van der Waals surface area contributed by atoms with E-state index in [4.69, 9.17) is 9.26 Å². The minimum absolute atomic E-state index is 0.338. The van der Waals surface area contributed by atoms with Crippen LogP contribution in [0.15, 0.2) is 65.3 Å². The molecule has 0 fully saturated rings. The van der Waals surface area contributed by atoms with Crippen molar-refractivity contribution in [3.63, 3.8) is 0 Å². The third kappa shape index (κ3) is 3.25. The Hall–Kier alpha value is -3.48. The van der Waals surface area contributed by atoms with Crippen molar-refractivity contribution in [2.75, 3.05) is 7.11 Å². The summed E-state index contributed by atoms with van der Waals surface area (Å²) in [7, 11) is 1.63. The average molecular weight is 333 g/mol. The fourth-order valence-electron chi connectivity index (χ4n) is 2.43. The maximum absolute atomic E-state index is 5.32. The first-order valence-corrected chi connectivity index (χ1v) is 7.74. The normalized spacial score (nSPS) is 10.8. The summed E-state index contributed by atoms with van der Waals surface area (Å²) in [6.45, 7) is 0.632. The molecule has 2 heterocycles. The van der Waals surface area contributed by atoms with E-state index in [0.29, 0.717) is 24.0 Å². The largest absolute Gasteiger partial charge is 0.497 e. The first-order valence-electron chi connectivity index (χ1n) is 7.74. The smallest absolute Gasteiger partial charge is 0.280 e. The van der Waals surface area contributed by atoms with Gasteiger partial charge in [0.25, 0.3) is 5.89 Å². The van der Waals surface area contributed by atoms with Crippen molar-refractivity contribution in [1.29, 1.82) is 0 Å². The molecule has 0 N–H and O–H groups in total. The van der Waals surface area contributed by atoms with Crippen LogP contribution >= 0.6 is 0 Å². The van der Waals surface area contributed by atoms with E-state index in [1.165, 1.54) is 0 Å². The number of hydrogen-bond donors (Lipinski definition) is 0. The van der Waals surface area contributed by atoms with Crippen molar-refractivity contribution in [2.24, 2.45) is 0 Å². The van der Waals surface area contributed by atoms with Crippen molar-refractivity contribution < 1.29 is 9.26 Å². The summed E-state index contributed by atoms with van der Waals surface area (Å²) in [6.07, 6.45) is 1.79. The van der Waals surface area contributed by atoms with Gasteiger partial charge in [-0.2, -0.15) is 4.98 Å². The zero-order valence-corrected chi connectivity index (χ0v) is 13.5. The summed E-state index contributed by atoms with van der Waals surface area (Å²) in [5, 5.41) is 12.2. The van der Waals surface area contributed by atoms with E-state index in [1.54, 1.807) is 18.0 Å². The Balaban J connectivity index is 1.54. The topological polar surface area (TPSA) is 78.9 Å². The fraction of sp³-hybridized carbons (Fsp3) is 0.111. The Bertz CT molecular complexity index is 961. The Labute approximate surface area is 143 Å². The van der Waals surface area contributed by atoms with E-state index in [2.05, 4.69) is 20.5 Å². The molecule has 0 aliphatic rings. The molecule has 0 amide bonds. The molecule has 0 bridgehead atoms. The van der Waals surface area contributed by atoms with Crippen LogP contribution in [0.3, 0.4) is 0 Å². The van der Waals surface area contributed by atoms with Crippen LogP contribution in [0.1, 0.15) is 5.56 Å². The van der Waals surface area contributed by atoms with E-state index in [0.717, 1.165) is 16.9 Å². The Kier molecular flexibility index (Phi) is 3.96. The van der Waals surface area contributed by atoms with Gasteiger partial charge >= 0.3 is 0 Å². The molecule has 4 rings (SSSR count). The molecule has 7 heteroatoms. The predicted octanol–water partition coefficient (Wildman–Crippen LogP) is 3.05. The third-order valence-corrected chi connectivity index (χ3v) is 3.72. The molecule has 0 aliphatic carbocycles. The molecule has 2 aromatic carbocycles. The van der Waals surface area contributed by atoms with Crippen LogP contribution in [0.25, 0.3) is 23.0 Å². The molecule has 2 aromatic heterocycles. The van der Waals surface area contributed by atoms with Gasteiger partial charge in [-0.25, -0.2) is 4.68 Å². The molecule has 7 nitrogen and oxygen atoms in total. The number of hydrogen-bond acceptors (Lipinski definition) is 6. The second-order valence-corrected chi connectivity index (χ2v) is 5.44. The molecule has 25 heavy (non-hydrogen) atoms. The van der Waals surface area contributed by atoms with Crippen molar-refractivity contribution in [1.82, 2.24) is 25.1 Å². The predicted molar refractivity (Wildman–Crippen MR) is 90.8 cm³/mol. The number of rotatable bonds is 5.